The van der Waals surface area contributed by atoms with Crippen molar-refractivity contribution < 1.29 is 28.7 Å². The summed E-state index contributed by atoms with van der Waals surface area (Å²) in [6, 6.07) is 6.76. The summed E-state index contributed by atoms with van der Waals surface area (Å²) in [6.45, 7) is 10.9. The van der Waals surface area contributed by atoms with Crippen LogP contribution in [0.1, 0.15) is 65.6 Å². The fourth-order valence-electron chi connectivity index (χ4n) is 5.55. The number of rotatable bonds is 10. The number of benzene rings is 1. The Morgan fingerprint density at radius 3 is 2.59 bits per heavy atom. The number of ether oxygens (including phenoxy) is 2. The van der Waals surface area contributed by atoms with Crippen LogP contribution in [0.4, 0.5) is 4.79 Å². The van der Waals surface area contributed by atoms with Gasteiger partial charge in [-0.25, -0.2) is 9.78 Å². The number of para-hydroxylation sites is 1. The maximum atomic E-state index is 14.3. The molecule has 0 radical (unpaired) electrons. The van der Waals surface area contributed by atoms with Crippen molar-refractivity contribution in [2.75, 3.05) is 19.7 Å². The quantitative estimate of drug-likeness (QED) is 0.284. The highest BCUT2D eigenvalue weighted by Gasteiger charge is 2.46. The highest BCUT2D eigenvalue weighted by Crippen LogP contribution is 2.36. The number of carbonyl (C=O) groups excluding carboxylic acids is 4. The molecule has 3 amide bonds. The SMILES string of the molecule is CCOC(=O)[C@]1(Cc2cscn2)CCCN(C(=O)[C@@H](Cc2c[nH]c3ccccc23)NC(=O)C(C)(C)NC(=O)OC(C)(C)C)C1. The number of aromatic amines is 1. The lowest BCUT2D eigenvalue weighted by Crippen LogP contribution is -2.61. The highest BCUT2D eigenvalue weighted by atomic mass is 32.1. The van der Waals surface area contributed by atoms with E-state index in [0.717, 1.165) is 22.2 Å². The molecule has 1 aromatic carbocycles. The van der Waals surface area contributed by atoms with Gasteiger partial charge in [0.1, 0.15) is 17.2 Å². The van der Waals surface area contributed by atoms with Crippen molar-refractivity contribution in [1.29, 1.82) is 0 Å². The minimum Gasteiger partial charge on any atom is -0.466 e. The lowest BCUT2D eigenvalue weighted by atomic mass is 9.76. The molecule has 0 spiro atoms. The van der Waals surface area contributed by atoms with Crippen molar-refractivity contribution in [3.8, 4) is 0 Å². The molecule has 0 bridgehead atoms. The molecule has 1 fully saturated rings. The maximum Gasteiger partial charge on any atom is 0.408 e. The van der Waals surface area contributed by atoms with E-state index in [2.05, 4.69) is 20.6 Å². The molecule has 238 valence electrons. The summed E-state index contributed by atoms with van der Waals surface area (Å²) in [6.07, 6.45) is 2.79. The molecular weight excluding hydrogens is 582 g/mol. The monoisotopic (exact) mass is 625 g/mol. The van der Waals surface area contributed by atoms with Crippen molar-refractivity contribution in [2.45, 2.75) is 84.4 Å². The van der Waals surface area contributed by atoms with Gasteiger partial charge in [-0.1, -0.05) is 18.2 Å². The van der Waals surface area contributed by atoms with E-state index < -0.39 is 34.6 Å². The summed E-state index contributed by atoms with van der Waals surface area (Å²) in [7, 11) is 0. The fraction of sp³-hybridized carbons (Fsp3) is 0.531. The minimum absolute atomic E-state index is 0.141. The number of thiazole rings is 1. The van der Waals surface area contributed by atoms with Crippen LogP contribution in [0.25, 0.3) is 10.9 Å². The number of H-pyrrole nitrogens is 1. The van der Waals surface area contributed by atoms with Gasteiger partial charge in [-0.3, -0.25) is 14.4 Å². The molecule has 0 saturated carbocycles. The number of aromatic nitrogens is 2. The Morgan fingerprint density at radius 2 is 1.91 bits per heavy atom. The van der Waals surface area contributed by atoms with Crippen molar-refractivity contribution >= 4 is 46.1 Å². The minimum atomic E-state index is -1.39. The van der Waals surface area contributed by atoms with E-state index >= 15 is 0 Å². The summed E-state index contributed by atoms with van der Waals surface area (Å²) in [5.74, 6) is -1.22. The van der Waals surface area contributed by atoms with Crippen LogP contribution in [-0.4, -0.2) is 75.6 Å². The first-order valence-electron chi connectivity index (χ1n) is 14.9. The Morgan fingerprint density at radius 1 is 1.16 bits per heavy atom. The summed E-state index contributed by atoms with van der Waals surface area (Å²) < 4.78 is 10.9. The molecule has 44 heavy (non-hydrogen) atoms. The normalized spacial score (nSPS) is 18.0. The van der Waals surface area contributed by atoms with Gasteiger partial charge in [0.15, 0.2) is 0 Å². The number of likely N-dealkylation sites (tertiary alicyclic amines) is 1. The van der Waals surface area contributed by atoms with Gasteiger partial charge in [0.05, 0.1) is 23.2 Å². The van der Waals surface area contributed by atoms with Gasteiger partial charge in [0, 0.05) is 48.4 Å². The number of nitrogens with zero attached hydrogens (tertiary/aromatic N) is 2. The van der Waals surface area contributed by atoms with Crippen LogP contribution in [0.15, 0.2) is 41.4 Å². The average Bonchev–Trinajstić information content (AvgIpc) is 3.61. The van der Waals surface area contributed by atoms with Crippen LogP contribution in [0, 0.1) is 5.41 Å². The number of hydrogen-bond donors (Lipinski definition) is 3. The molecule has 12 heteroatoms. The van der Waals surface area contributed by atoms with Gasteiger partial charge in [-0.05, 0) is 66.0 Å². The first-order chi connectivity index (χ1) is 20.7. The lowest BCUT2D eigenvalue weighted by molar-refractivity contribution is -0.161. The van der Waals surface area contributed by atoms with E-state index in [1.165, 1.54) is 11.3 Å². The lowest BCUT2D eigenvalue weighted by Gasteiger charge is -2.42. The molecule has 2 aromatic heterocycles. The Bertz CT molecular complexity index is 1480. The van der Waals surface area contributed by atoms with E-state index in [1.54, 1.807) is 52.0 Å². The van der Waals surface area contributed by atoms with Gasteiger partial charge in [0.25, 0.3) is 0 Å². The molecule has 4 rings (SSSR count). The number of nitrogens with one attached hydrogen (secondary N) is 3. The predicted molar refractivity (Wildman–Crippen MR) is 168 cm³/mol. The number of hydrogen-bond acceptors (Lipinski definition) is 8. The Hall–Kier alpha value is -3.93. The Balaban J connectivity index is 1.61. The first-order valence-corrected chi connectivity index (χ1v) is 15.9. The van der Waals surface area contributed by atoms with E-state index in [-0.39, 0.29) is 31.4 Å². The molecule has 1 aliphatic heterocycles. The number of amides is 3. The number of carbonyl (C=O) groups is 4. The van der Waals surface area contributed by atoms with Crippen molar-refractivity contribution in [3.63, 3.8) is 0 Å². The number of alkyl carbamates (subject to hydrolysis) is 1. The summed E-state index contributed by atoms with van der Waals surface area (Å²) >= 11 is 1.45. The Labute approximate surface area is 262 Å². The first kappa shape index (κ1) is 33.0. The molecule has 3 heterocycles. The largest absolute Gasteiger partial charge is 0.466 e. The second-order valence-electron chi connectivity index (χ2n) is 12.9. The van der Waals surface area contributed by atoms with Crippen molar-refractivity contribution in [2.24, 2.45) is 5.41 Å². The highest BCUT2D eigenvalue weighted by molar-refractivity contribution is 7.07. The van der Waals surface area contributed by atoms with Crippen molar-refractivity contribution in [1.82, 2.24) is 25.5 Å². The molecule has 3 N–H and O–H groups in total. The zero-order chi connectivity index (χ0) is 32.1. The number of esters is 1. The summed E-state index contributed by atoms with van der Waals surface area (Å²) in [4.78, 5) is 63.2. The molecule has 2 atom stereocenters. The molecule has 1 aliphatic rings. The van der Waals surface area contributed by atoms with E-state index in [9.17, 15) is 19.2 Å². The number of fused-ring (bicyclic) bond motifs is 1. The number of piperidine rings is 1. The zero-order valence-electron chi connectivity index (χ0n) is 26.3. The summed E-state index contributed by atoms with van der Waals surface area (Å²) in [5.41, 5.74) is 1.18. The van der Waals surface area contributed by atoms with Crippen LogP contribution in [0.3, 0.4) is 0 Å². The van der Waals surface area contributed by atoms with Gasteiger partial charge >= 0.3 is 12.1 Å². The topological polar surface area (TPSA) is 143 Å². The van der Waals surface area contributed by atoms with E-state index in [0.29, 0.717) is 25.8 Å². The zero-order valence-corrected chi connectivity index (χ0v) is 27.1. The third kappa shape index (κ3) is 7.96. The third-order valence-electron chi connectivity index (χ3n) is 7.68. The van der Waals surface area contributed by atoms with E-state index in [4.69, 9.17) is 9.47 Å². The molecule has 1 saturated heterocycles. The van der Waals surface area contributed by atoms with Crippen LogP contribution in [0.5, 0.6) is 0 Å². The van der Waals surface area contributed by atoms with Gasteiger partial charge in [0.2, 0.25) is 11.8 Å². The van der Waals surface area contributed by atoms with Crippen molar-refractivity contribution in [3.05, 3.63) is 52.6 Å². The standard InChI is InChI=1S/C32H43N5O6S/c1-7-42-28(40)32(16-22-18-44-20-34-22)13-10-14-37(19-32)26(38)25(15-21-17-33-24-12-9-8-11-23(21)24)35-27(39)31(5,6)36-29(41)43-30(2,3)4/h8-9,11-12,17-18,20,25,33H,7,10,13-16,19H2,1-6H3,(H,35,39)(H,36,41)/t25-,32+/m1/s1. The third-order valence-corrected chi connectivity index (χ3v) is 8.32. The maximum absolute atomic E-state index is 14.3. The van der Waals surface area contributed by atoms with Crippen LogP contribution in [-0.2, 0) is 36.7 Å². The average molecular weight is 626 g/mol. The van der Waals surface area contributed by atoms with Crippen LogP contribution >= 0.6 is 11.3 Å². The van der Waals surface area contributed by atoms with Crippen LogP contribution < -0.4 is 10.6 Å². The second kappa shape index (κ2) is 13.4. The van der Waals surface area contributed by atoms with Gasteiger partial charge in [-0.2, -0.15) is 0 Å². The second-order valence-corrected chi connectivity index (χ2v) is 13.6. The summed E-state index contributed by atoms with van der Waals surface area (Å²) in [5, 5.41) is 8.37. The molecule has 3 aromatic rings. The molecule has 11 nitrogen and oxygen atoms in total. The van der Waals surface area contributed by atoms with Gasteiger partial charge < -0.3 is 30.0 Å². The molecular formula is C32H43N5O6S. The fourth-order valence-corrected chi connectivity index (χ4v) is 6.11. The van der Waals surface area contributed by atoms with Crippen LogP contribution in [0.2, 0.25) is 0 Å². The van der Waals surface area contributed by atoms with Gasteiger partial charge in [-0.15, -0.1) is 11.3 Å². The molecule has 0 unspecified atom stereocenters. The van der Waals surface area contributed by atoms with E-state index in [1.807, 2.05) is 35.8 Å². The Kier molecular flexibility index (Phi) is 10.0. The smallest absolute Gasteiger partial charge is 0.408 e. The molecule has 0 aliphatic carbocycles. The predicted octanol–water partition coefficient (Wildman–Crippen LogP) is 4.37.